The molecular formula is C21H20N4O2. The first-order valence-corrected chi connectivity index (χ1v) is 8.95. The fourth-order valence-corrected chi connectivity index (χ4v) is 3.08. The van der Waals surface area contributed by atoms with Crippen LogP contribution in [0.15, 0.2) is 59.2 Å². The number of anilines is 1. The van der Waals surface area contributed by atoms with Gasteiger partial charge < -0.3 is 19.4 Å². The van der Waals surface area contributed by atoms with Crippen LogP contribution < -0.4 is 15.0 Å². The molecular weight excluding hydrogens is 340 g/mol. The van der Waals surface area contributed by atoms with Gasteiger partial charge in [0.2, 0.25) is 5.89 Å². The molecule has 0 bridgehead atoms. The molecule has 0 amide bonds. The highest BCUT2D eigenvalue weighted by Gasteiger charge is 2.12. The summed E-state index contributed by atoms with van der Waals surface area (Å²) in [5.41, 5.74) is 3.23. The van der Waals surface area contributed by atoms with E-state index in [-0.39, 0.29) is 0 Å². The highest BCUT2D eigenvalue weighted by atomic mass is 16.5. The van der Waals surface area contributed by atoms with Crippen molar-refractivity contribution in [3.8, 4) is 23.3 Å². The van der Waals surface area contributed by atoms with Crippen LogP contribution in [0.5, 0.6) is 5.75 Å². The van der Waals surface area contributed by atoms with E-state index >= 15 is 0 Å². The first-order valence-electron chi connectivity index (χ1n) is 8.95. The van der Waals surface area contributed by atoms with E-state index in [0.29, 0.717) is 23.8 Å². The molecule has 0 saturated carbocycles. The fourth-order valence-electron chi connectivity index (χ4n) is 3.08. The van der Waals surface area contributed by atoms with E-state index in [1.54, 1.807) is 18.4 Å². The average molecular weight is 360 g/mol. The average Bonchev–Trinajstić information content (AvgIpc) is 3.22. The number of rotatable bonds is 5. The van der Waals surface area contributed by atoms with Gasteiger partial charge in [-0.1, -0.05) is 12.1 Å². The maximum Gasteiger partial charge on any atom is 0.226 e. The van der Waals surface area contributed by atoms with Gasteiger partial charge in [0.05, 0.1) is 11.6 Å². The van der Waals surface area contributed by atoms with Crippen molar-refractivity contribution in [3.05, 3.63) is 66.1 Å². The van der Waals surface area contributed by atoms with Gasteiger partial charge in [-0.3, -0.25) is 0 Å². The van der Waals surface area contributed by atoms with Crippen molar-refractivity contribution in [1.29, 1.82) is 5.26 Å². The van der Waals surface area contributed by atoms with Gasteiger partial charge in [-0.25, -0.2) is 4.98 Å². The summed E-state index contributed by atoms with van der Waals surface area (Å²) in [5.74, 6) is 1.29. The molecule has 1 aliphatic rings. The van der Waals surface area contributed by atoms with E-state index < -0.39 is 0 Å². The molecule has 1 fully saturated rings. The van der Waals surface area contributed by atoms with Gasteiger partial charge in [0.15, 0.2) is 0 Å². The Morgan fingerprint density at radius 2 is 2.00 bits per heavy atom. The minimum atomic E-state index is 0.326. The second-order valence-corrected chi connectivity index (χ2v) is 6.36. The van der Waals surface area contributed by atoms with Crippen molar-refractivity contribution in [3.63, 3.8) is 0 Å². The Labute approximate surface area is 158 Å². The monoisotopic (exact) mass is 360 g/mol. The third kappa shape index (κ3) is 4.10. The smallest absolute Gasteiger partial charge is 0.226 e. The van der Waals surface area contributed by atoms with Gasteiger partial charge in [-0.15, -0.1) is 0 Å². The van der Waals surface area contributed by atoms with Crippen molar-refractivity contribution >= 4 is 5.69 Å². The Morgan fingerprint density at radius 3 is 2.85 bits per heavy atom. The summed E-state index contributed by atoms with van der Waals surface area (Å²) in [4.78, 5) is 6.81. The first kappa shape index (κ1) is 17.1. The lowest BCUT2D eigenvalue weighted by Crippen LogP contribution is -2.43. The van der Waals surface area contributed by atoms with E-state index in [1.807, 2.05) is 24.3 Å². The van der Waals surface area contributed by atoms with Crippen LogP contribution in [0.4, 0.5) is 5.69 Å². The summed E-state index contributed by atoms with van der Waals surface area (Å²) < 4.78 is 11.4. The normalized spacial score (nSPS) is 14.0. The molecule has 2 aromatic carbocycles. The second-order valence-electron chi connectivity index (χ2n) is 6.36. The zero-order valence-corrected chi connectivity index (χ0v) is 14.9. The highest BCUT2D eigenvalue weighted by molar-refractivity contribution is 5.56. The van der Waals surface area contributed by atoms with Gasteiger partial charge in [-0.05, 0) is 30.3 Å². The van der Waals surface area contributed by atoms with E-state index in [1.165, 1.54) is 5.69 Å². The predicted octanol–water partition coefficient (Wildman–Crippen LogP) is 3.20. The summed E-state index contributed by atoms with van der Waals surface area (Å²) in [6, 6.07) is 17.4. The van der Waals surface area contributed by atoms with E-state index in [0.717, 1.165) is 37.5 Å². The maximum atomic E-state index is 9.01. The molecule has 4 rings (SSSR count). The zero-order chi connectivity index (χ0) is 18.5. The number of oxazole rings is 1. The molecule has 0 spiro atoms. The van der Waals surface area contributed by atoms with Crippen LogP contribution in [0.3, 0.4) is 0 Å². The third-order valence-corrected chi connectivity index (χ3v) is 4.48. The topological polar surface area (TPSA) is 74.3 Å². The molecule has 1 aliphatic heterocycles. The molecule has 0 unspecified atom stereocenters. The quantitative estimate of drug-likeness (QED) is 0.753. The molecule has 0 radical (unpaired) electrons. The number of nitrogens with zero attached hydrogens (tertiary/aromatic N) is 3. The Bertz CT molecular complexity index is 955. The molecule has 6 heteroatoms. The minimum Gasteiger partial charge on any atom is -0.487 e. The van der Waals surface area contributed by atoms with E-state index in [4.69, 9.17) is 14.4 Å². The second kappa shape index (κ2) is 7.94. The first-order chi connectivity index (χ1) is 13.3. The summed E-state index contributed by atoms with van der Waals surface area (Å²) in [6.45, 7) is 4.32. The van der Waals surface area contributed by atoms with Crippen LogP contribution in [0.2, 0.25) is 0 Å². The molecule has 136 valence electrons. The van der Waals surface area contributed by atoms with Crippen LogP contribution in [-0.2, 0) is 6.61 Å². The molecule has 1 aromatic heterocycles. The SMILES string of the molecule is N#Cc1cccc(-c2nc(COc3cccc(N4CCNCC4)c3)co2)c1. The Balaban J connectivity index is 1.42. The molecule has 1 saturated heterocycles. The number of piperazine rings is 1. The standard InChI is InChI=1S/C21H20N4O2/c22-13-16-3-1-4-17(11-16)21-24-18(15-27-21)14-26-20-6-2-5-19(12-20)25-9-7-23-8-10-25/h1-6,11-12,15,23H,7-10,14H2. The molecule has 1 N–H and O–H groups in total. The lowest BCUT2D eigenvalue weighted by molar-refractivity contribution is 0.301. The Morgan fingerprint density at radius 1 is 1.15 bits per heavy atom. The third-order valence-electron chi connectivity index (χ3n) is 4.48. The van der Waals surface area contributed by atoms with E-state index in [2.05, 4.69) is 33.4 Å². The highest BCUT2D eigenvalue weighted by Crippen LogP contribution is 2.23. The van der Waals surface area contributed by atoms with Crippen molar-refractivity contribution in [1.82, 2.24) is 10.3 Å². The summed E-state index contributed by atoms with van der Waals surface area (Å²) in [7, 11) is 0. The van der Waals surface area contributed by atoms with Crippen LogP contribution in [-0.4, -0.2) is 31.2 Å². The van der Waals surface area contributed by atoms with Crippen molar-refractivity contribution in [2.75, 3.05) is 31.1 Å². The van der Waals surface area contributed by atoms with Crippen LogP contribution in [0, 0.1) is 11.3 Å². The van der Waals surface area contributed by atoms with Crippen LogP contribution in [0.25, 0.3) is 11.5 Å². The number of hydrogen-bond donors (Lipinski definition) is 1. The number of benzene rings is 2. The van der Waals surface area contributed by atoms with Crippen LogP contribution in [0.1, 0.15) is 11.3 Å². The van der Waals surface area contributed by atoms with Crippen molar-refractivity contribution in [2.24, 2.45) is 0 Å². The van der Waals surface area contributed by atoms with Gasteiger partial charge in [0.1, 0.15) is 24.3 Å². The van der Waals surface area contributed by atoms with Gasteiger partial charge in [0.25, 0.3) is 0 Å². The lowest BCUT2D eigenvalue weighted by atomic mass is 10.1. The molecule has 27 heavy (non-hydrogen) atoms. The largest absolute Gasteiger partial charge is 0.487 e. The molecule has 3 aromatic rings. The van der Waals surface area contributed by atoms with E-state index in [9.17, 15) is 0 Å². The predicted molar refractivity (Wildman–Crippen MR) is 103 cm³/mol. The fraction of sp³-hybridized carbons (Fsp3) is 0.238. The lowest BCUT2D eigenvalue weighted by Gasteiger charge is -2.29. The zero-order valence-electron chi connectivity index (χ0n) is 14.9. The maximum absolute atomic E-state index is 9.01. The van der Waals surface area contributed by atoms with Crippen molar-refractivity contribution < 1.29 is 9.15 Å². The molecule has 2 heterocycles. The number of hydrogen-bond acceptors (Lipinski definition) is 6. The summed E-state index contributed by atoms with van der Waals surface area (Å²) in [5, 5.41) is 12.4. The number of nitriles is 1. The van der Waals surface area contributed by atoms with Crippen molar-refractivity contribution in [2.45, 2.75) is 6.61 Å². The molecule has 6 nitrogen and oxygen atoms in total. The molecule has 0 atom stereocenters. The Kier molecular flexibility index (Phi) is 5.04. The van der Waals surface area contributed by atoms with Gasteiger partial charge in [0, 0.05) is 43.5 Å². The number of aromatic nitrogens is 1. The van der Waals surface area contributed by atoms with Crippen LogP contribution >= 0.6 is 0 Å². The summed E-state index contributed by atoms with van der Waals surface area (Å²) in [6.07, 6.45) is 1.59. The number of ether oxygens (including phenoxy) is 1. The van der Waals surface area contributed by atoms with Gasteiger partial charge in [-0.2, -0.15) is 5.26 Å². The Hall–Kier alpha value is -3.30. The molecule has 0 aliphatic carbocycles. The van der Waals surface area contributed by atoms with Gasteiger partial charge >= 0.3 is 0 Å². The summed E-state index contributed by atoms with van der Waals surface area (Å²) >= 11 is 0. The minimum absolute atomic E-state index is 0.326. The number of nitrogens with one attached hydrogen (secondary N) is 1.